The minimum absolute atomic E-state index is 0.0751. The maximum atomic E-state index is 13.3. The second kappa shape index (κ2) is 5.19. The minimum atomic E-state index is -4.59. The molecule has 0 aliphatic heterocycles. The van der Waals surface area contributed by atoms with Crippen LogP contribution in [0.4, 0.5) is 13.2 Å². The first-order valence-electron chi connectivity index (χ1n) is 6.83. The Morgan fingerprint density at radius 3 is 2.64 bits per heavy atom. The van der Waals surface area contributed by atoms with E-state index in [4.69, 9.17) is 20.8 Å². The highest BCUT2D eigenvalue weighted by atomic mass is 35.5. The van der Waals surface area contributed by atoms with Gasteiger partial charge in [0.25, 0.3) is 0 Å². The molecule has 1 aliphatic carbocycles. The summed E-state index contributed by atoms with van der Waals surface area (Å²) in [5.74, 6) is -1.15. The zero-order chi connectivity index (χ0) is 16.1. The van der Waals surface area contributed by atoms with Crippen LogP contribution in [0.5, 0.6) is 0 Å². The molecule has 1 aromatic heterocycles. The fourth-order valence-corrected chi connectivity index (χ4v) is 2.64. The van der Waals surface area contributed by atoms with E-state index in [0.717, 1.165) is 18.9 Å². The SMILES string of the molecule is CCOC(=O)c1oc2c(C(F)(F)F)cc(C3CC3)cc2c1Cl. The molecule has 1 heterocycles. The minimum Gasteiger partial charge on any atom is -0.460 e. The smallest absolute Gasteiger partial charge is 0.420 e. The first kappa shape index (κ1) is 15.2. The number of rotatable bonds is 3. The predicted molar refractivity (Wildman–Crippen MR) is 74.2 cm³/mol. The van der Waals surface area contributed by atoms with Gasteiger partial charge in [-0.25, -0.2) is 4.79 Å². The molecule has 2 aromatic rings. The van der Waals surface area contributed by atoms with E-state index in [1.807, 2.05) is 0 Å². The van der Waals surface area contributed by atoms with Crippen molar-refractivity contribution in [2.45, 2.75) is 31.9 Å². The van der Waals surface area contributed by atoms with E-state index in [1.165, 1.54) is 0 Å². The third-order valence-electron chi connectivity index (χ3n) is 3.57. The number of alkyl halides is 3. The summed E-state index contributed by atoms with van der Waals surface area (Å²) in [7, 11) is 0. The molecule has 0 spiro atoms. The van der Waals surface area contributed by atoms with Crippen LogP contribution in [0.3, 0.4) is 0 Å². The molecule has 3 rings (SSSR count). The van der Waals surface area contributed by atoms with Gasteiger partial charge in [-0.05, 0) is 43.4 Å². The first-order valence-corrected chi connectivity index (χ1v) is 7.21. The quantitative estimate of drug-likeness (QED) is 0.729. The fraction of sp³-hybridized carbons (Fsp3) is 0.400. The van der Waals surface area contributed by atoms with Crippen LogP contribution in [0, 0.1) is 0 Å². The summed E-state index contributed by atoms with van der Waals surface area (Å²) in [6.07, 6.45) is -2.89. The molecule has 0 radical (unpaired) electrons. The van der Waals surface area contributed by atoms with E-state index in [1.54, 1.807) is 13.0 Å². The highest BCUT2D eigenvalue weighted by molar-refractivity contribution is 6.38. The summed E-state index contributed by atoms with van der Waals surface area (Å²) in [5.41, 5.74) is -0.771. The molecular formula is C15H12ClF3O3. The van der Waals surface area contributed by atoms with E-state index in [-0.39, 0.29) is 22.9 Å². The van der Waals surface area contributed by atoms with Gasteiger partial charge in [0.15, 0.2) is 0 Å². The molecule has 0 bridgehead atoms. The van der Waals surface area contributed by atoms with Gasteiger partial charge < -0.3 is 9.15 Å². The standard InChI is InChI=1S/C15H12ClF3O3/c1-2-21-14(20)13-11(16)9-5-8(7-3-4-7)6-10(12(9)22-13)15(17,18)19/h5-7H,2-4H2,1H3. The number of hydrogen-bond donors (Lipinski definition) is 0. The number of esters is 1. The summed E-state index contributed by atoms with van der Waals surface area (Å²) in [5, 5.41) is -0.0390. The lowest BCUT2D eigenvalue weighted by Crippen LogP contribution is -2.06. The Bertz CT molecular complexity index is 745. The highest BCUT2D eigenvalue weighted by Crippen LogP contribution is 2.46. The molecular weight excluding hydrogens is 321 g/mol. The van der Waals surface area contributed by atoms with E-state index < -0.39 is 29.1 Å². The molecule has 22 heavy (non-hydrogen) atoms. The summed E-state index contributed by atoms with van der Waals surface area (Å²) >= 11 is 6.04. The average Bonchev–Trinajstić information content (AvgIpc) is 3.22. The monoisotopic (exact) mass is 332 g/mol. The number of fused-ring (bicyclic) bond motifs is 1. The third-order valence-corrected chi connectivity index (χ3v) is 3.94. The van der Waals surface area contributed by atoms with Crippen LogP contribution in [-0.2, 0) is 10.9 Å². The summed E-state index contributed by atoms with van der Waals surface area (Å²) in [4.78, 5) is 11.7. The lowest BCUT2D eigenvalue weighted by Gasteiger charge is -2.09. The zero-order valence-corrected chi connectivity index (χ0v) is 12.3. The molecule has 0 saturated heterocycles. The Kier molecular flexibility index (Phi) is 3.59. The van der Waals surface area contributed by atoms with Crippen molar-refractivity contribution in [3.05, 3.63) is 34.0 Å². The average molecular weight is 333 g/mol. The molecule has 1 fully saturated rings. The van der Waals surface area contributed by atoms with Gasteiger partial charge >= 0.3 is 12.1 Å². The fourth-order valence-electron chi connectivity index (χ4n) is 2.38. The number of halogens is 4. The molecule has 0 atom stereocenters. The summed E-state index contributed by atoms with van der Waals surface area (Å²) in [6.45, 7) is 1.66. The molecule has 1 saturated carbocycles. The van der Waals surface area contributed by atoms with Crippen LogP contribution >= 0.6 is 11.6 Å². The number of carbonyl (C=O) groups is 1. The predicted octanol–water partition coefficient (Wildman–Crippen LogP) is 5.16. The second-order valence-electron chi connectivity index (χ2n) is 5.18. The van der Waals surface area contributed by atoms with Crippen molar-refractivity contribution < 1.29 is 27.1 Å². The van der Waals surface area contributed by atoms with E-state index in [9.17, 15) is 18.0 Å². The molecule has 1 aromatic carbocycles. The van der Waals surface area contributed by atoms with Crippen LogP contribution in [0.1, 0.15) is 47.4 Å². The first-order chi connectivity index (χ1) is 10.3. The third kappa shape index (κ3) is 2.56. The van der Waals surface area contributed by atoms with Gasteiger partial charge in [-0.1, -0.05) is 11.6 Å². The van der Waals surface area contributed by atoms with E-state index in [0.29, 0.717) is 5.56 Å². The summed E-state index contributed by atoms with van der Waals surface area (Å²) in [6, 6.07) is 2.64. The maximum Gasteiger partial charge on any atom is 0.420 e. The van der Waals surface area contributed by atoms with Gasteiger partial charge in [0.2, 0.25) is 5.76 Å². The Morgan fingerprint density at radius 2 is 2.09 bits per heavy atom. The lowest BCUT2D eigenvalue weighted by atomic mass is 10.0. The van der Waals surface area contributed by atoms with Crippen molar-refractivity contribution >= 4 is 28.5 Å². The Labute approximate surface area is 129 Å². The Morgan fingerprint density at radius 1 is 1.41 bits per heavy atom. The van der Waals surface area contributed by atoms with Gasteiger partial charge in [-0.2, -0.15) is 13.2 Å². The van der Waals surface area contributed by atoms with Gasteiger partial charge in [0.1, 0.15) is 10.6 Å². The number of ether oxygens (including phenoxy) is 1. The number of furan rings is 1. The van der Waals surface area contributed by atoms with Crippen molar-refractivity contribution in [2.75, 3.05) is 6.61 Å². The van der Waals surface area contributed by atoms with Crippen molar-refractivity contribution in [1.82, 2.24) is 0 Å². The van der Waals surface area contributed by atoms with Gasteiger partial charge in [0.05, 0.1) is 12.2 Å². The van der Waals surface area contributed by atoms with Crippen LogP contribution in [0.15, 0.2) is 16.5 Å². The molecule has 0 N–H and O–H groups in total. The Balaban J connectivity index is 2.23. The van der Waals surface area contributed by atoms with Crippen molar-refractivity contribution in [3.8, 4) is 0 Å². The Hall–Kier alpha value is -1.69. The lowest BCUT2D eigenvalue weighted by molar-refractivity contribution is -0.136. The van der Waals surface area contributed by atoms with Gasteiger partial charge in [-0.15, -0.1) is 0 Å². The van der Waals surface area contributed by atoms with Crippen molar-refractivity contribution in [3.63, 3.8) is 0 Å². The van der Waals surface area contributed by atoms with Crippen LogP contribution in [0.2, 0.25) is 5.02 Å². The van der Waals surface area contributed by atoms with E-state index in [2.05, 4.69) is 0 Å². The van der Waals surface area contributed by atoms with Crippen molar-refractivity contribution in [2.24, 2.45) is 0 Å². The topological polar surface area (TPSA) is 39.4 Å². The number of hydrogen-bond acceptors (Lipinski definition) is 3. The number of benzene rings is 1. The molecule has 0 unspecified atom stereocenters. The number of carbonyl (C=O) groups excluding carboxylic acids is 1. The van der Waals surface area contributed by atoms with Gasteiger partial charge in [-0.3, -0.25) is 0 Å². The van der Waals surface area contributed by atoms with Crippen LogP contribution < -0.4 is 0 Å². The molecule has 0 amide bonds. The van der Waals surface area contributed by atoms with Gasteiger partial charge in [0, 0.05) is 5.39 Å². The molecule has 7 heteroatoms. The molecule has 118 valence electrons. The summed E-state index contributed by atoms with van der Waals surface area (Å²) < 4.78 is 49.6. The zero-order valence-electron chi connectivity index (χ0n) is 11.6. The van der Waals surface area contributed by atoms with Crippen LogP contribution in [0.25, 0.3) is 11.0 Å². The van der Waals surface area contributed by atoms with Crippen LogP contribution in [-0.4, -0.2) is 12.6 Å². The molecule has 1 aliphatic rings. The van der Waals surface area contributed by atoms with Crippen molar-refractivity contribution in [1.29, 1.82) is 0 Å². The maximum absolute atomic E-state index is 13.3. The second-order valence-corrected chi connectivity index (χ2v) is 5.56. The largest absolute Gasteiger partial charge is 0.460 e. The molecule has 3 nitrogen and oxygen atoms in total. The van der Waals surface area contributed by atoms with E-state index >= 15 is 0 Å². The normalized spacial score (nSPS) is 15.3. The highest BCUT2D eigenvalue weighted by Gasteiger charge is 2.38.